The molecule has 2 aliphatic rings. The lowest BCUT2D eigenvalue weighted by molar-refractivity contribution is -0.247. The van der Waals surface area contributed by atoms with Crippen LogP contribution < -0.4 is 0 Å². The topological polar surface area (TPSA) is 88.5 Å². The van der Waals surface area contributed by atoms with Gasteiger partial charge in [0, 0.05) is 47.8 Å². The van der Waals surface area contributed by atoms with E-state index in [1.165, 1.54) is 5.06 Å². The molecule has 0 spiro atoms. The van der Waals surface area contributed by atoms with Crippen LogP contribution in [0.4, 0.5) is 0 Å². The summed E-state index contributed by atoms with van der Waals surface area (Å²) in [5.74, 6) is -0.238. The van der Waals surface area contributed by atoms with Gasteiger partial charge in [-0.1, -0.05) is 25.7 Å². The van der Waals surface area contributed by atoms with E-state index >= 15 is 0 Å². The van der Waals surface area contributed by atoms with E-state index in [1.54, 1.807) is 7.11 Å². The predicted molar refractivity (Wildman–Crippen MR) is 153 cm³/mol. The molecular formula is C31H58N2O6. The number of unbranched alkanes of at least 4 members (excludes halogenated alkanes) is 5. The van der Waals surface area contributed by atoms with E-state index in [0.29, 0.717) is 19.3 Å². The Morgan fingerprint density at radius 1 is 0.667 bits per heavy atom. The summed E-state index contributed by atoms with van der Waals surface area (Å²) in [6.07, 6.45) is 11.1. The maximum atomic E-state index is 12.5. The maximum Gasteiger partial charge on any atom is 0.306 e. The molecule has 0 aromatic heterocycles. The van der Waals surface area contributed by atoms with E-state index in [1.807, 2.05) is 27.7 Å². The summed E-state index contributed by atoms with van der Waals surface area (Å²) in [6.45, 7) is 16.7. The van der Waals surface area contributed by atoms with Gasteiger partial charge in [-0.3, -0.25) is 9.59 Å². The minimum Gasteiger partial charge on any atom is -0.462 e. The van der Waals surface area contributed by atoms with Gasteiger partial charge in [0.1, 0.15) is 12.2 Å². The Labute approximate surface area is 238 Å². The van der Waals surface area contributed by atoms with Crippen molar-refractivity contribution in [3.63, 3.8) is 0 Å². The monoisotopic (exact) mass is 554 g/mol. The van der Waals surface area contributed by atoms with Crippen LogP contribution in [-0.2, 0) is 23.9 Å². The Morgan fingerprint density at radius 3 is 1.54 bits per heavy atom. The molecule has 2 atom stereocenters. The number of carbonyl (C=O) groups is 2. The van der Waals surface area contributed by atoms with Gasteiger partial charge in [0.2, 0.25) is 0 Å². The van der Waals surface area contributed by atoms with E-state index in [2.05, 4.69) is 32.8 Å². The van der Waals surface area contributed by atoms with Gasteiger partial charge in [-0.15, -0.1) is 0 Å². The molecule has 8 heteroatoms. The van der Waals surface area contributed by atoms with Crippen molar-refractivity contribution in [2.45, 2.75) is 180 Å². The van der Waals surface area contributed by atoms with E-state index in [0.717, 1.165) is 70.6 Å². The first-order chi connectivity index (χ1) is 18.0. The molecule has 0 aromatic carbocycles. The number of hydroxylamine groups is 4. The zero-order valence-electron chi connectivity index (χ0n) is 26.4. The van der Waals surface area contributed by atoms with Gasteiger partial charge in [-0.05, 0) is 93.9 Å². The van der Waals surface area contributed by atoms with Crippen molar-refractivity contribution in [1.82, 2.24) is 10.1 Å². The van der Waals surface area contributed by atoms with Crippen LogP contribution in [0.5, 0.6) is 0 Å². The van der Waals surface area contributed by atoms with Gasteiger partial charge in [0.25, 0.3) is 0 Å². The Hall–Kier alpha value is -1.22. The van der Waals surface area contributed by atoms with Crippen molar-refractivity contribution < 1.29 is 29.1 Å². The standard InChI is InChI=1S/C31H58N2O6/c1-28(2)20-18-24(22-30(5,6)32(28)36)38-26(34)16-14-12-10-11-13-15-17-27(35)39-25-19-21-29(3,4)33(37-9)31(7,8)23-25/h24-25,36H,10-23H2,1-9H3. The summed E-state index contributed by atoms with van der Waals surface area (Å²) in [6, 6.07) is 0. The number of nitrogens with zero attached hydrogens (tertiary/aromatic N) is 2. The van der Waals surface area contributed by atoms with Crippen LogP contribution >= 0.6 is 0 Å². The fourth-order valence-corrected chi connectivity index (χ4v) is 6.79. The highest BCUT2D eigenvalue weighted by atomic mass is 16.7. The van der Waals surface area contributed by atoms with Crippen molar-refractivity contribution in [2.75, 3.05) is 7.11 Å². The second-order valence-corrected chi connectivity index (χ2v) is 14.4. The highest BCUT2D eigenvalue weighted by Gasteiger charge is 2.44. The summed E-state index contributed by atoms with van der Waals surface area (Å²) in [5.41, 5.74) is -1.10. The number of hydrogen-bond acceptors (Lipinski definition) is 8. The van der Waals surface area contributed by atoms with Crippen molar-refractivity contribution in [3.05, 3.63) is 0 Å². The van der Waals surface area contributed by atoms with Gasteiger partial charge < -0.3 is 19.5 Å². The van der Waals surface area contributed by atoms with E-state index < -0.39 is 5.54 Å². The fraction of sp³-hybridized carbons (Fsp3) is 0.935. The average Bonchev–Trinajstić information content (AvgIpc) is 2.94. The Bertz CT molecular complexity index is 794. The first-order valence-corrected chi connectivity index (χ1v) is 15.2. The van der Waals surface area contributed by atoms with Gasteiger partial charge in [-0.2, -0.15) is 10.1 Å². The van der Waals surface area contributed by atoms with Crippen LogP contribution in [0, 0.1) is 0 Å². The molecule has 228 valence electrons. The summed E-state index contributed by atoms with van der Waals surface area (Å²) in [5, 5.41) is 14.1. The third-order valence-corrected chi connectivity index (χ3v) is 8.65. The van der Waals surface area contributed by atoms with Gasteiger partial charge in [0.05, 0.1) is 7.11 Å². The summed E-state index contributed by atoms with van der Waals surface area (Å²) >= 11 is 0. The normalized spacial score (nSPS) is 26.8. The molecule has 2 fully saturated rings. The predicted octanol–water partition coefficient (Wildman–Crippen LogP) is 6.97. The van der Waals surface area contributed by atoms with Crippen molar-refractivity contribution in [2.24, 2.45) is 0 Å². The number of hydrogen-bond donors (Lipinski definition) is 1. The molecule has 1 N–H and O–H groups in total. The highest BCUT2D eigenvalue weighted by molar-refractivity contribution is 5.69. The molecule has 2 saturated heterocycles. The Balaban J connectivity index is 1.58. The molecule has 0 saturated carbocycles. The number of ether oxygens (including phenoxy) is 2. The molecule has 2 heterocycles. The molecule has 0 amide bonds. The largest absolute Gasteiger partial charge is 0.462 e. The molecule has 2 unspecified atom stereocenters. The minimum atomic E-state index is -0.439. The average molecular weight is 555 g/mol. The maximum absolute atomic E-state index is 12.5. The highest BCUT2D eigenvalue weighted by Crippen LogP contribution is 2.38. The first-order valence-electron chi connectivity index (χ1n) is 15.2. The molecule has 0 bridgehead atoms. The van der Waals surface area contributed by atoms with Crippen molar-refractivity contribution >= 4 is 11.9 Å². The van der Waals surface area contributed by atoms with Crippen LogP contribution in [0.25, 0.3) is 0 Å². The zero-order valence-corrected chi connectivity index (χ0v) is 26.4. The lowest BCUT2D eigenvalue weighted by atomic mass is 9.95. The van der Waals surface area contributed by atoms with Gasteiger partial charge in [0.15, 0.2) is 0 Å². The number of carbonyl (C=O) groups excluding carboxylic acids is 2. The quantitative estimate of drug-likeness (QED) is 0.204. The summed E-state index contributed by atoms with van der Waals surface area (Å²) in [7, 11) is 1.71. The molecule has 8 nitrogen and oxygen atoms in total. The molecule has 2 rings (SSSR count). The second-order valence-electron chi connectivity index (χ2n) is 14.4. The molecule has 39 heavy (non-hydrogen) atoms. The smallest absolute Gasteiger partial charge is 0.306 e. The van der Waals surface area contributed by atoms with E-state index in [4.69, 9.17) is 14.3 Å². The fourth-order valence-electron chi connectivity index (χ4n) is 6.79. The van der Waals surface area contributed by atoms with E-state index in [-0.39, 0.29) is 40.8 Å². The lowest BCUT2D eigenvalue weighted by Crippen LogP contribution is -2.53. The molecule has 2 aliphatic heterocycles. The summed E-state index contributed by atoms with van der Waals surface area (Å²) in [4.78, 5) is 30.6. The molecular weight excluding hydrogens is 496 g/mol. The third-order valence-electron chi connectivity index (χ3n) is 8.65. The second kappa shape index (κ2) is 14.1. The Kier molecular flexibility index (Phi) is 12.3. The van der Waals surface area contributed by atoms with Gasteiger partial charge >= 0.3 is 11.9 Å². The zero-order chi connectivity index (χ0) is 29.5. The number of rotatable bonds is 12. The molecule has 0 radical (unpaired) electrons. The van der Waals surface area contributed by atoms with E-state index in [9.17, 15) is 14.8 Å². The third kappa shape index (κ3) is 10.3. The van der Waals surface area contributed by atoms with Crippen LogP contribution in [0.2, 0.25) is 0 Å². The first kappa shape index (κ1) is 34.0. The SMILES string of the molecule is CON1C(C)(C)CCC(OC(=O)CCCCCCCCC(=O)OC2CCC(C)(C)N(O)C(C)(C)C2)CC1(C)C. The number of esters is 2. The Morgan fingerprint density at radius 2 is 1.08 bits per heavy atom. The van der Waals surface area contributed by atoms with Gasteiger partial charge in [-0.25, -0.2) is 0 Å². The van der Waals surface area contributed by atoms with Crippen molar-refractivity contribution in [1.29, 1.82) is 0 Å². The molecule has 0 aliphatic carbocycles. The summed E-state index contributed by atoms with van der Waals surface area (Å²) < 4.78 is 11.7. The van der Waals surface area contributed by atoms with Crippen LogP contribution in [0.1, 0.15) is 145 Å². The van der Waals surface area contributed by atoms with Crippen LogP contribution in [0.15, 0.2) is 0 Å². The molecule has 0 aromatic rings. The van der Waals surface area contributed by atoms with Crippen LogP contribution in [-0.4, -0.2) is 68.7 Å². The van der Waals surface area contributed by atoms with Crippen molar-refractivity contribution in [3.8, 4) is 0 Å². The van der Waals surface area contributed by atoms with Crippen LogP contribution in [0.3, 0.4) is 0 Å². The lowest BCUT2D eigenvalue weighted by Gasteiger charge is -2.44. The minimum absolute atomic E-state index is 0.0789.